The van der Waals surface area contributed by atoms with Crippen molar-refractivity contribution in [2.24, 2.45) is 0 Å². The first kappa shape index (κ1) is 17.6. The van der Waals surface area contributed by atoms with E-state index in [1.54, 1.807) is 4.90 Å². The lowest BCUT2D eigenvalue weighted by molar-refractivity contribution is -0.138. The van der Waals surface area contributed by atoms with Gasteiger partial charge in [0, 0.05) is 44.8 Å². The van der Waals surface area contributed by atoms with E-state index in [-0.39, 0.29) is 30.8 Å². The quantitative estimate of drug-likeness (QED) is 0.843. The van der Waals surface area contributed by atoms with E-state index in [1.807, 2.05) is 4.90 Å². The maximum Gasteiger partial charge on any atom is 0.242 e. The molecule has 2 aliphatic heterocycles. The van der Waals surface area contributed by atoms with Crippen LogP contribution in [-0.2, 0) is 9.59 Å². The normalized spacial score (nSPS) is 18.1. The SMILES string of the molecule is Cc1cccc(N2CCN(C(=O)CN3CCCC3=O)CC2)c1.Cl. The van der Waals surface area contributed by atoms with Crippen molar-refractivity contribution in [1.82, 2.24) is 9.80 Å². The highest BCUT2D eigenvalue weighted by Gasteiger charge is 2.26. The third-order valence-electron chi connectivity index (χ3n) is 4.50. The van der Waals surface area contributed by atoms with Crippen LogP contribution in [0.4, 0.5) is 5.69 Å². The van der Waals surface area contributed by atoms with Gasteiger partial charge in [0.1, 0.15) is 0 Å². The summed E-state index contributed by atoms with van der Waals surface area (Å²) in [4.78, 5) is 29.8. The first-order valence-electron chi connectivity index (χ1n) is 8.00. The third-order valence-corrected chi connectivity index (χ3v) is 4.50. The largest absolute Gasteiger partial charge is 0.368 e. The summed E-state index contributed by atoms with van der Waals surface area (Å²) in [7, 11) is 0. The number of amides is 2. The number of hydrogen-bond acceptors (Lipinski definition) is 3. The molecule has 2 fully saturated rings. The Bertz CT molecular complexity index is 571. The van der Waals surface area contributed by atoms with Crippen LogP contribution in [0.3, 0.4) is 0 Å². The number of hydrogen-bond donors (Lipinski definition) is 0. The van der Waals surface area contributed by atoms with Crippen molar-refractivity contribution in [3.63, 3.8) is 0 Å². The number of halogens is 1. The lowest BCUT2D eigenvalue weighted by atomic mass is 10.2. The first-order chi connectivity index (χ1) is 10.6. The standard InChI is InChI=1S/C17H23N3O2.ClH/c1-14-4-2-5-15(12-14)18-8-10-19(11-9-18)17(22)13-20-7-3-6-16(20)21;/h2,4-5,12H,3,6-11,13H2,1H3;1H. The van der Waals surface area contributed by atoms with Gasteiger partial charge in [-0.3, -0.25) is 9.59 Å². The van der Waals surface area contributed by atoms with Crippen molar-refractivity contribution in [3.05, 3.63) is 29.8 Å². The number of anilines is 1. The van der Waals surface area contributed by atoms with E-state index >= 15 is 0 Å². The monoisotopic (exact) mass is 337 g/mol. The maximum atomic E-state index is 12.3. The number of carbonyl (C=O) groups is 2. The lowest BCUT2D eigenvalue weighted by Gasteiger charge is -2.36. The van der Waals surface area contributed by atoms with Gasteiger partial charge in [-0.15, -0.1) is 12.4 Å². The average molecular weight is 338 g/mol. The minimum atomic E-state index is 0. The first-order valence-corrected chi connectivity index (χ1v) is 8.00. The number of nitrogens with zero attached hydrogens (tertiary/aromatic N) is 3. The molecule has 0 saturated carbocycles. The molecule has 5 nitrogen and oxygen atoms in total. The van der Waals surface area contributed by atoms with Crippen molar-refractivity contribution in [2.45, 2.75) is 19.8 Å². The Morgan fingerprint density at radius 1 is 1.13 bits per heavy atom. The topological polar surface area (TPSA) is 43.9 Å². The molecule has 0 aliphatic carbocycles. The summed E-state index contributed by atoms with van der Waals surface area (Å²) < 4.78 is 0. The van der Waals surface area contributed by atoms with Crippen LogP contribution >= 0.6 is 12.4 Å². The van der Waals surface area contributed by atoms with Crippen molar-refractivity contribution in [2.75, 3.05) is 44.2 Å². The molecule has 3 rings (SSSR count). The van der Waals surface area contributed by atoms with Gasteiger partial charge in [0.25, 0.3) is 0 Å². The van der Waals surface area contributed by atoms with E-state index in [9.17, 15) is 9.59 Å². The van der Waals surface area contributed by atoms with Crippen LogP contribution in [0, 0.1) is 6.92 Å². The molecular formula is C17H24ClN3O2. The Balaban J connectivity index is 0.00000192. The predicted molar refractivity (Wildman–Crippen MR) is 93.0 cm³/mol. The van der Waals surface area contributed by atoms with Crippen molar-refractivity contribution < 1.29 is 9.59 Å². The molecule has 126 valence electrons. The minimum Gasteiger partial charge on any atom is -0.368 e. The van der Waals surface area contributed by atoms with Gasteiger partial charge < -0.3 is 14.7 Å². The van der Waals surface area contributed by atoms with Gasteiger partial charge in [0.05, 0.1) is 6.54 Å². The molecule has 2 saturated heterocycles. The number of carbonyl (C=O) groups excluding carboxylic acids is 2. The van der Waals surface area contributed by atoms with Gasteiger partial charge in [-0.1, -0.05) is 12.1 Å². The molecule has 1 aromatic rings. The molecule has 1 aromatic carbocycles. The second kappa shape index (κ2) is 7.68. The fraction of sp³-hybridized carbons (Fsp3) is 0.529. The Morgan fingerprint density at radius 2 is 1.87 bits per heavy atom. The lowest BCUT2D eigenvalue weighted by Crippen LogP contribution is -2.51. The molecule has 0 unspecified atom stereocenters. The van der Waals surface area contributed by atoms with Gasteiger partial charge in [0.15, 0.2) is 0 Å². The van der Waals surface area contributed by atoms with Crippen LogP contribution in [0.2, 0.25) is 0 Å². The van der Waals surface area contributed by atoms with Crippen molar-refractivity contribution in [3.8, 4) is 0 Å². The minimum absolute atomic E-state index is 0. The number of likely N-dealkylation sites (tertiary alicyclic amines) is 1. The number of rotatable bonds is 3. The zero-order chi connectivity index (χ0) is 15.5. The molecule has 23 heavy (non-hydrogen) atoms. The van der Waals surface area contributed by atoms with Crippen LogP contribution < -0.4 is 4.90 Å². The summed E-state index contributed by atoms with van der Waals surface area (Å²) in [5, 5.41) is 0. The molecule has 0 atom stereocenters. The average Bonchev–Trinajstić information content (AvgIpc) is 2.92. The highest BCUT2D eigenvalue weighted by Crippen LogP contribution is 2.18. The van der Waals surface area contributed by atoms with E-state index in [0.717, 1.165) is 39.1 Å². The molecule has 0 aromatic heterocycles. The maximum absolute atomic E-state index is 12.3. The molecular weight excluding hydrogens is 314 g/mol. The van der Waals surface area contributed by atoms with E-state index in [0.29, 0.717) is 6.42 Å². The summed E-state index contributed by atoms with van der Waals surface area (Å²) in [6.45, 7) is 6.24. The number of benzene rings is 1. The number of aryl methyl sites for hydroxylation is 1. The predicted octanol–water partition coefficient (Wildman–Crippen LogP) is 1.69. The van der Waals surface area contributed by atoms with Gasteiger partial charge in [-0.05, 0) is 31.0 Å². The van der Waals surface area contributed by atoms with Gasteiger partial charge in [-0.2, -0.15) is 0 Å². The van der Waals surface area contributed by atoms with Crippen LogP contribution in [0.25, 0.3) is 0 Å². The summed E-state index contributed by atoms with van der Waals surface area (Å²) in [6.07, 6.45) is 1.47. The second-order valence-electron chi connectivity index (χ2n) is 6.13. The smallest absolute Gasteiger partial charge is 0.242 e. The molecule has 2 amide bonds. The van der Waals surface area contributed by atoms with Crippen LogP contribution in [0.1, 0.15) is 18.4 Å². The van der Waals surface area contributed by atoms with Crippen LogP contribution in [-0.4, -0.2) is 60.9 Å². The highest BCUT2D eigenvalue weighted by molar-refractivity contribution is 5.86. The van der Waals surface area contributed by atoms with E-state index in [4.69, 9.17) is 0 Å². The zero-order valence-electron chi connectivity index (χ0n) is 13.5. The molecule has 0 radical (unpaired) electrons. The summed E-state index contributed by atoms with van der Waals surface area (Å²) >= 11 is 0. The van der Waals surface area contributed by atoms with Crippen molar-refractivity contribution in [1.29, 1.82) is 0 Å². The Kier molecular flexibility index (Phi) is 5.88. The van der Waals surface area contributed by atoms with Crippen molar-refractivity contribution >= 4 is 29.9 Å². The van der Waals surface area contributed by atoms with Gasteiger partial charge in [-0.25, -0.2) is 0 Å². The molecule has 2 aliphatic rings. The zero-order valence-corrected chi connectivity index (χ0v) is 14.3. The van der Waals surface area contributed by atoms with Gasteiger partial charge in [0.2, 0.25) is 11.8 Å². The highest BCUT2D eigenvalue weighted by atomic mass is 35.5. The Hall–Kier alpha value is -1.75. The fourth-order valence-electron chi connectivity index (χ4n) is 3.17. The van der Waals surface area contributed by atoms with E-state index < -0.39 is 0 Å². The Morgan fingerprint density at radius 3 is 2.48 bits per heavy atom. The molecule has 0 bridgehead atoms. The van der Waals surface area contributed by atoms with E-state index in [1.165, 1.54) is 11.3 Å². The third kappa shape index (κ3) is 4.16. The molecule has 0 spiro atoms. The fourth-order valence-corrected chi connectivity index (χ4v) is 3.17. The summed E-state index contributed by atoms with van der Waals surface area (Å²) in [5.74, 6) is 0.200. The summed E-state index contributed by atoms with van der Waals surface area (Å²) in [5.41, 5.74) is 2.48. The van der Waals surface area contributed by atoms with Crippen LogP contribution in [0.5, 0.6) is 0 Å². The molecule has 2 heterocycles. The Labute approximate surface area is 143 Å². The summed E-state index contributed by atoms with van der Waals surface area (Å²) in [6, 6.07) is 8.46. The van der Waals surface area contributed by atoms with Gasteiger partial charge >= 0.3 is 0 Å². The van der Waals surface area contributed by atoms with Crippen LogP contribution in [0.15, 0.2) is 24.3 Å². The molecule has 0 N–H and O–H groups in total. The molecule has 6 heteroatoms. The second-order valence-corrected chi connectivity index (χ2v) is 6.13. The number of piperazine rings is 1. The van der Waals surface area contributed by atoms with E-state index in [2.05, 4.69) is 36.1 Å².